The van der Waals surface area contributed by atoms with Crippen LogP contribution in [0, 0.1) is 0 Å². The van der Waals surface area contributed by atoms with Gasteiger partial charge in [0.25, 0.3) is 0 Å². The fourth-order valence-corrected chi connectivity index (χ4v) is 1.29. The fourth-order valence-electron chi connectivity index (χ4n) is 1.29. The van der Waals surface area contributed by atoms with Gasteiger partial charge in [0.05, 0.1) is 12.2 Å². The second-order valence-corrected chi connectivity index (χ2v) is 3.04. The van der Waals surface area contributed by atoms with Gasteiger partial charge in [0, 0.05) is 20.1 Å². The van der Waals surface area contributed by atoms with E-state index in [2.05, 4.69) is 15.3 Å². The lowest BCUT2D eigenvalue weighted by atomic mass is 10.2. The zero-order valence-corrected chi connectivity index (χ0v) is 9.16. The molecule has 0 amide bonds. The van der Waals surface area contributed by atoms with Gasteiger partial charge in [-0.15, -0.1) is 0 Å². The Kier molecular flexibility index (Phi) is 4.83. The summed E-state index contributed by atoms with van der Waals surface area (Å²) in [5.74, 6) is 1.40. The van der Waals surface area contributed by atoms with Crippen molar-refractivity contribution in [3.05, 3.63) is 11.9 Å². The van der Waals surface area contributed by atoms with Gasteiger partial charge in [-0.05, 0) is 6.42 Å². The first-order chi connectivity index (χ1) is 7.33. The van der Waals surface area contributed by atoms with Crippen LogP contribution >= 0.6 is 0 Å². The molecule has 0 spiro atoms. The quantitative estimate of drug-likeness (QED) is 0.682. The molecular weight excluding hydrogens is 194 g/mol. The number of hydrogen-bond acceptors (Lipinski definition) is 5. The Morgan fingerprint density at radius 2 is 2.27 bits per heavy atom. The molecule has 5 nitrogen and oxygen atoms in total. The Hall–Kier alpha value is -1.36. The van der Waals surface area contributed by atoms with E-state index in [-0.39, 0.29) is 6.61 Å². The Labute approximate surface area is 89.5 Å². The molecule has 1 rings (SSSR count). The van der Waals surface area contributed by atoms with Crippen LogP contribution in [-0.2, 0) is 6.42 Å². The smallest absolute Gasteiger partial charge is 0.221 e. The first kappa shape index (κ1) is 11.7. The summed E-state index contributed by atoms with van der Waals surface area (Å²) in [5, 5.41) is 11.6. The van der Waals surface area contributed by atoms with Crippen molar-refractivity contribution in [3.63, 3.8) is 0 Å². The number of hydrogen-bond donors (Lipinski definition) is 2. The summed E-state index contributed by atoms with van der Waals surface area (Å²) in [6.07, 6.45) is 2.90. The Morgan fingerprint density at radius 1 is 1.47 bits per heavy atom. The molecule has 0 fully saturated rings. The van der Waals surface area contributed by atoms with Crippen LogP contribution in [0.1, 0.15) is 18.9 Å². The molecule has 0 aliphatic rings. The van der Waals surface area contributed by atoms with E-state index in [0.29, 0.717) is 18.9 Å². The minimum atomic E-state index is 0.130. The number of nitrogens with one attached hydrogen (secondary N) is 1. The second kappa shape index (κ2) is 6.19. The summed E-state index contributed by atoms with van der Waals surface area (Å²) in [6.45, 7) is 2.63. The van der Waals surface area contributed by atoms with Gasteiger partial charge >= 0.3 is 0 Å². The third-order valence-corrected chi connectivity index (χ3v) is 2.04. The lowest BCUT2D eigenvalue weighted by molar-refractivity contribution is 0.228. The van der Waals surface area contributed by atoms with Crippen molar-refractivity contribution in [2.45, 2.75) is 19.8 Å². The van der Waals surface area contributed by atoms with Gasteiger partial charge in [0.1, 0.15) is 12.1 Å². The van der Waals surface area contributed by atoms with Crippen LogP contribution in [0.5, 0.6) is 5.88 Å². The van der Waals surface area contributed by atoms with Crippen molar-refractivity contribution in [3.8, 4) is 5.88 Å². The summed E-state index contributed by atoms with van der Waals surface area (Å²) < 4.78 is 5.46. The summed E-state index contributed by atoms with van der Waals surface area (Å²) in [6, 6.07) is 0. The lowest BCUT2D eigenvalue weighted by Crippen LogP contribution is -2.07. The predicted octanol–water partition coefficient (Wildman–Crippen LogP) is 0.842. The number of nitrogens with zero attached hydrogens (tertiary/aromatic N) is 2. The number of anilines is 1. The van der Waals surface area contributed by atoms with Gasteiger partial charge in [0.15, 0.2) is 0 Å². The van der Waals surface area contributed by atoms with Crippen molar-refractivity contribution in [1.82, 2.24) is 9.97 Å². The highest BCUT2D eigenvalue weighted by molar-refractivity contribution is 5.48. The number of aliphatic hydroxyl groups excluding tert-OH is 1. The van der Waals surface area contributed by atoms with Gasteiger partial charge < -0.3 is 15.2 Å². The monoisotopic (exact) mass is 211 g/mol. The molecule has 0 unspecified atom stereocenters. The van der Waals surface area contributed by atoms with Crippen LogP contribution in [0.4, 0.5) is 5.82 Å². The van der Waals surface area contributed by atoms with E-state index in [0.717, 1.165) is 17.8 Å². The first-order valence-electron chi connectivity index (χ1n) is 5.08. The summed E-state index contributed by atoms with van der Waals surface area (Å²) in [7, 11) is 1.82. The molecule has 0 aliphatic carbocycles. The van der Waals surface area contributed by atoms with Crippen LogP contribution in [0.15, 0.2) is 6.33 Å². The molecule has 1 aromatic rings. The predicted molar refractivity (Wildman–Crippen MR) is 58.2 cm³/mol. The van der Waals surface area contributed by atoms with E-state index in [1.807, 2.05) is 14.0 Å². The van der Waals surface area contributed by atoms with Gasteiger partial charge in [-0.2, -0.15) is 0 Å². The van der Waals surface area contributed by atoms with E-state index in [9.17, 15) is 0 Å². The lowest BCUT2D eigenvalue weighted by Gasteiger charge is -2.11. The molecule has 84 valence electrons. The van der Waals surface area contributed by atoms with Crippen molar-refractivity contribution in [2.75, 3.05) is 25.6 Å². The molecule has 2 N–H and O–H groups in total. The van der Waals surface area contributed by atoms with Crippen LogP contribution in [0.3, 0.4) is 0 Å². The highest BCUT2D eigenvalue weighted by Crippen LogP contribution is 2.21. The zero-order chi connectivity index (χ0) is 11.1. The summed E-state index contributed by atoms with van der Waals surface area (Å²) >= 11 is 0. The molecule has 15 heavy (non-hydrogen) atoms. The fraction of sp³-hybridized carbons (Fsp3) is 0.600. The minimum absolute atomic E-state index is 0.130. The van der Waals surface area contributed by atoms with E-state index in [1.54, 1.807) is 0 Å². The van der Waals surface area contributed by atoms with Gasteiger partial charge in [-0.3, -0.25) is 0 Å². The normalized spacial score (nSPS) is 10.1. The standard InChI is InChI=1S/C10H17N3O2/c1-3-8-9(11-2)12-7-13-10(8)15-6-4-5-14/h7,14H,3-6H2,1-2H3,(H,11,12,13). The zero-order valence-electron chi connectivity index (χ0n) is 9.16. The molecule has 0 saturated heterocycles. The van der Waals surface area contributed by atoms with Crippen LogP contribution in [0.2, 0.25) is 0 Å². The number of ether oxygens (including phenoxy) is 1. The van der Waals surface area contributed by atoms with Gasteiger partial charge in [0.2, 0.25) is 5.88 Å². The second-order valence-electron chi connectivity index (χ2n) is 3.04. The Morgan fingerprint density at radius 3 is 2.87 bits per heavy atom. The maximum absolute atomic E-state index is 8.65. The van der Waals surface area contributed by atoms with Gasteiger partial charge in [-0.25, -0.2) is 9.97 Å². The van der Waals surface area contributed by atoms with Crippen molar-refractivity contribution in [1.29, 1.82) is 0 Å². The highest BCUT2D eigenvalue weighted by atomic mass is 16.5. The maximum atomic E-state index is 8.65. The number of rotatable bonds is 6. The third-order valence-electron chi connectivity index (χ3n) is 2.04. The van der Waals surface area contributed by atoms with Crippen LogP contribution in [0.25, 0.3) is 0 Å². The molecule has 0 bridgehead atoms. The average Bonchev–Trinajstić information content (AvgIpc) is 2.29. The first-order valence-corrected chi connectivity index (χ1v) is 5.08. The molecule has 1 heterocycles. The van der Waals surface area contributed by atoms with E-state index in [4.69, 9.17) is 9.84 Å². The molecular formula is C10H17N3O2. The number of aromatic nitrogens is 2. The molecule has 1 aromatic heterocycles. The largest absolute Gasteiger partial charge is 0.477 e. The minimum Gasteiger partial charge on any atom is -0.477 e. The molecule has 0 radical (unpaired) electrons. The third kappa shape index (κ3) is 3.06. The molecule has 0 atom stereocenters. The van der Waals surface area contributed by atoms with E-state index >= 15 is 0 Å². The van der Waals surface area contributed by atoms with Gasteiger partial charge in [-0.1, -0.05) is 6.92 Å². The summed E-state index contributed by atoms with van der Waals surface area (Å²) in [4.78, 5) is 8.18. The van der Waals surface area contributed by atoms with Crippen molar-refractivity contribution in [2.24, 2.45) is 0 Å². The Bertz CT molecular complexity index is 305. The molecule has 0 saturated carbocycles. The number of aliphatic hydroxyl groups is 1. The average molecular weight is 211 g/mol. The summed E-state index contributed by atoms with van der Waals surface area (Å²) in [5.41, 5.74) is 0.970. The van der Waals surface area contributed by atoms with Crippen LogP contribution in [-0.4, -0.2) is 35.3 Å². The molecule has 5 heteroatoms. The topological polar surface area (TPSA) is 67.3 Å². The Balaban J connectivity index is 2.76. The van der Waals surface area contributed by atoms with E-state index < -0.39 is 0 Å². The van der Waals surface area contributed by atoms with Crippen molar-refractivity contribution >= 4 is 5.82 Å². The van der Waals surface area contributed by atoms with Crippen LogP contribution < -0.4 is 10.1 Å². The maximum Gasteiger partial charge on any atom is 0.221 e. The highest BCUT2D eigenvalue weighted by Gasteiger charge is 2.09. The molecule has 0 aromatic carbocycles. The SMILES string of the molecule is CCc1c(NC)ncnc1OCCCO. The van der Waals surface area contributed by atoms with E-state index in [1.165, 1.54) is 6.33 Å². The van der Waals surface area contributed by atoms with Crippen molar-refractivity contribution < 1.29 is 9.84 Å². The molecule has 0 aliphatic heterocycles.